The molecule has 1 aromatic heterocycles. The van der Waals surface area contributed by atoms with Gasteiger partial charge < -0.3 is 5.32 Å². The van der Waals surface area contributed by atoms with Gasteiger partial charge in [0.2, 0.25) is 0 Å². The summed E-state index contributed by atoms with van der Waals surface area (Å²) in [6, 6.07) is 4.92. The third kappa shape index (κ3) is 3.10. The number of nitrogens with one attached hydrogen (secondary N) is 1. The number of rotatable bonds is 4. The van der Waals surface area contributed by atoms with Gasteiger partial charge >= 0.3 is 0 Å². The molecule has 0 amide bonds. The van der Waals surface area contributed by atoms with Gasteiger partial charge in [-0.25, -0.2) is 0 Å². The van der Waals surface area contributed by atoms with Crippen LogP contribution in [0.2, 0.25) is 0 Å². The van der Waals surface area contributed by atoms with Gasteiger partial charge in [0.15, 0.2) is 0 Å². The van der Waals surface area contributed by atoms with Crippen molar-refractivity contribution < 1.29 is 0 Å². The number of hydrogen-bond acceptors (Lipinski definition) is 2. The summed E-state index contributed by atoms with van der Waals surface area (Å²) in [6.07, 6.45) is 2.09. The highest BCUT2D eigenvalue weighted by atomic mass is 15.2. The van der Waals surface area contributed by atoms with Crippen molar-refractivity contribution in [1.82, 2.24) is 15.1 Å². The molecule has 0 aliphatic carbocycles. The van der Waals surface area contributed by atoms with Crippen LogP contribution in [0.5, 0.6) is 0 Å². The molecule has 3 heteroatoms. The summed E-state index contributed by atoms with van der Waals surface area (Å²) in [4.78, 5) is 0. The zero-order valence-corrected chi connectivity index (χ0v) is 13.4. The monoisotopic (exact) mass is 271 g/mol. The van der Waals surface area contributed by atoms with Crippen LogP contribution >= 0.6 is 0 Å². The summed E-state index contributed by atoms with van der Waals surface area (Å²) in [5.74, 6) is 0. The normalized spacial score (nSPS) is 12.7. The number of nitrogens with zero attached hydrogens (tertiary/aromatic N) is 2. The summed E-state index contributed by atoms with van der Waals surface area (Å²) in [6.45, 7) is 11.7. The lowest BCUT2D eigenvalue weighted by Crippen LogP contribution is -2.19. The lowest BCUT2D eigenvalue weighted by Gasteiger charge is -2.18. The van der Waals surface area contributed by atoms with Gasteiger partial charge in [-0.2, -0.15) is 5.10 Å². The molecule has 1 heterocycles. The van der Waals surface area contributed by atoms with Crippen LogP contribution in [0, 0.1) is 27.7 Å². The molecule has 2 aromatic rings. The van der Waals surface area contributed by atoms with Crippen LogP contribution < -0.4 is 5.32 Å². The third-order valence-corrected chi connectivity index (χ3v) is 4.06. The van der Waals surface area contributed by atoms with Crippen molar-refractivity contribution in [2.24, 2.45) is 7.05 Å². The molecule has 108 valence electrons. The molecule has 3 nitrogen and oxygen atoms in total. The van der Waals surface area contributed by atoms with Gasteiger partial charge in [0, 0.05) is 31.4 Å². The summed E-state index contributed by atoms with van der Waals surface area (Å²) in [5.41, 5.74) is 7.83. The maximum Gasteiger partial charge on any atom is 0.0638 e. The van der Waals surface area contributed by atoms with E-state index in [1.165, 1.54) is 27.8 Å². The highest BCUT2D eigenvalue weighted by molar-refractivity contribution is 5.38. The molecular formula is C17H25N3. The molecule has 1 aromatic carbocycles. The zero-order valence-electron chi connectivity index (χ0n) is 13.4. The van der Waals surface area contributed by atoms with Crippen LogP contribution in [0.1, 0.15) is 46.5 Å². The summed E-state index contributed by atoms with van der Waals surface area (Å²) in [7, 11) is 1.97. The number of aromatic nitrogens is 2. The fraction of sp³-hybridized carbons (Fsp3) is 0.471. The average Bonchev–Trinajstić information content (AvgIpc) is 2.69. The second-order valence-corrected chi connectivity index (χ2v) is 5.81. The largest absolute Gasteiger partial charge is 0.306 e. The predicted molar refractivity (Wildman–Crippen MR) is 83.9 cm³/mol. The van der Waals surface area contributed by atoms with E-state index in [1.807, 2.05) is 11.7 Å². The molecule has 0 aliphatic rings. The SMILES string of the molecule is Cc1cc(C)c(C(C)NCc2cn(C)nc2C)cc1C. The van der Waals surface area contributed by atoms with Gasteiger partial charge in [0.1, 0.15) is 0 Å². The van der Waals surface area contributed by atoms with Crippen molar-refractivity contribution >= 4 is 0 Å². The van der Waals surface area contributed by atoms with E-state index >= 15 is 0 Å². The van der Waals surface area contributed by atoms with E-state index in [0.717, 1.165) is 12.2 Å². The van der Waals surface area contributed by atoms with Crippen molar-refractivity contribution in [3.63, 3.8) is 0 Å². The van der Waals surface area contributed by atoms with Gasteiger partial charge in [-0.05, 0) is 56.9 Å². The van der Waals surface area contributed by atoms with E-state index in [9.17, 15) is 0 Å². The Kier molecular flexibility index (Phi) is 4.29. The van der Waals surface area contributed by atoms with Crippen LogP contribution in [0.15, 0.2) is 18.3 Å². The van der Waals surface area contributed by atoms with Gasteiger partial charge in [-0.1, -0.05) is 12.1 Å². The molecule has 0 saturated carbocycles. The Morgan fingerprint density at radius 3 is 2.35 bits per heavy atom. The van der Waals surface area contributed by atoms with Gasteiger partial charge in [-0.15, -0.1) is 0 Å². The van der Waals surface area contributed by atoms with Crippen molar-refractivity contribution in [2.45, 2.75) is 47.2 Å². The van der Waals surface area contributed by atoms with Crippen molar-refractivity contribution in [1.29, 1.82) is 0 Å². The maximum atomic E-state index is 4.38. The highest BCUT2D eigenvalue weighted by Gasteiger charge is 2.11. The summed E-state index contributed by atoms with van der Waals surface area (Å²) >= 11 is 0. The Labute approximate surface area is 122 Å². The van der Waals surface area contributed by atoms with E-state index < -0.39 is 0 Å². The topological polar surface area (TPSA) is 29.9 Å². The maximum absolute atomic E-state index is 4.38. The molecular weight excluding hydrogens is 246 g/mol. The minimum absolute atomic E-state index is 0.342. The molecule has 0 saturated heterocycles. The quantitative estimate of drug-likeness (QED) is 0.922. The lowest BCUT2D eigenvalue weighted by molar-refractivity contribution is 0.570. The van der Waals surface area contributed by atoms with Crippen LogP contribution in [0.4, 0.5) is 0 Å². The molecule has 0 fully saturated rings. The molecule has 0 radical (unpaired) electrons. The first-order chi connectivity index (χ1) is 9.38. The lowest BCUT2D eigenvalue weighted by atomic mass is 9.96. The molecule has 0 bridgehead atoms. The standard InChI is InChI=1S/C17H25N3/c1-11-7-13(3)17(8-12(11)2)15(5)18-9-16-10-20(6)19-14(16)4/h7-8,10,15,18H,9H2,1-6H3. The molecule has 1 unspecified atom stereocenters. The van der Waals surface area contributed by atoms with E-state index in [0.29, 0.717) is 6.04 Å². The minimum atomic E-state index is 0.342. The number of hydrogen-bond donors (Lipinski definition) is 1. The van der Waals surface area contributed by atoms with Crippen molar-refractivity contribution in [2.75, 3.05) is 0 Å². The minimum Gasteiger partial charge on any atom is -0.306 e. The first kappa shape index (κ1) is 14.8. The molecule has 2 rings (SSSR count). The van der Waals surface area contributed by atoms with E-state index in [2.05, 4.69) is 63.4 Å². The Hall–Kier alpha value is -1.61. The summed E-state index contributed by atoms with van der Waals surface area (Å²) in [5, 5.41) is 7.99. The van der Waals surface area contributed by atoms with E-state index in [1.54, 1.807) is 0 Å². The number of benzene rings is 1. The third-order valence-electron chi connectivity index (χ3n) is 4.06. The van der Waals surface area contributed by atoms with Crippen LogP contribution in [0.3, 0.4) is 0 Å². The molecule has 0 aliphatic heterocycles. The highest BCUT2D eigenvalue weighted by Crippen LogP contribution is 2.22. The second-order valence-electron chi connectivity index (χ2n) is 5.81. The van der Waals surface area contributed by atoms with Crippen LogP contribution in [-0.4, -0.2) is 9.78 Å². The van der Waals surface area contributed by atoms with E-state index in [4.69, 9.17) is 0 Å². The zero-order chi connectivity index (χ0) is 14.9. The van der Waals surface area contributed by atoms with Crippen LogP contribution in [-0.2, 0) is 13.6 Å². The summed E-state index contributed by atoms with van der Waals surface area (Å²) < 4.78 is 1.87. The average molecular weight is 271 g/mol. The Bertz CT molecular complexity index is 611. The van der Waals surface area contributed by atoms with Gasteiger partial charge in [-0.3, -0.25) is 4.68 Å². The molecule has 1 N–H and O–H groups in total. The second kappa shape index (κ2) is 5.80. The molecule has 20 heavy (non-hydrogen) atoms. The van der Waals surface area contributed by atoms with Gasteiger partial charge in [0.25, 0.3) is 0 Å². The Morgan fingerprint density at radius 2 is 1.75 bits per heavy atom. The van der Waals surface area contributed by atoms with Crippen LogP contribution in [0.25, 0.3) is 0 Å². The molecule has 1 atom stereocenters. The molecule has 0 spiro atoms. The Morgan fingerprint density at radius 1 is 1.10 bits per heavy atom. The Balaban J connectivity index is 2.11. The first-order valence-corrected chi connectivity index (χ1v) is 7.18. The smallest absolute Gasteiger partial charge is 0.0638 e. The fourth-order valence-electron chi connectivity index (χ4n) is 2.64. The number of aryl methyl sites for hydroxylation is 5. The van der Waals surface area contributed by atoms with Crippen molar-refractivity contribution in [3.8, 4) is 0 Å². The van der Waals surface area contributed by atoms with E-state index in [-0.39, 0.29) is 0 Å². The van der Waals surface area contributed by atoms with Crippen molar-refractivity contribution in [3.05, 3.63) is 51.8 Å². The fourth-order valence-corrected chi connectivity index (χ4v) is 2.64. The van der Waals surface area contributed by atoms with Gasteiger partial charge in [0.05, 0.1) is 5.69 Å². The first-order valence-electron chi connectivity index (χ1n) is 7.18. The predicted octanol–water partition coefficient (Wildman–Crippen LogP) is 3.50.